The number of hydrogen-bond acceptors (Lipinski definition) is 3. The van der Waals surface area contributed by atoms with E-state index < -0.39 is 0 Å². The number of benzene rings is 2. The first kappa shape index (κ1) is 17.7. The number of amides is 1. The summed E-state index contributed by atoms with van der Waals surface area (Å²) in [7, 11) is 0. The standard InChI is InChI=1S/C20H18ClFN4O/c21-17-6-2-1-4-14(17)12-23-20(27)16-5-3-11-26-18(24-25-19(16)26)13-7-9-15(22)10-8-13/h1-2,4,6-10,16H,3,5,11-12H2,(H,23,27). The summed E-state index contributed by atoms with van der Waals surface area (Å²) in [4.78, 5) is 12.8. The Labute approximate surface area is 161 Å². The van der Waals surface area contributed by atoms with E-state index in [1.807, 2.05) is 22.8 Å². The van der Waals surface area contributed by atoms with Gasteiger partial charge in [-0.25, -0.2) is 4.39 Å². The van der Waals surface area contributed by atoms with Crippen LogP contribution in [0.3, 0.4) is 0 Å². The van der Waals surface area contributed by atoms with E-state index in [-0.39, 0.29) is 17.6 Å². The number of hydrogen-bond donors (Lipinski definition) is 1. The third-order valence-corrected chi connectivity index (χ3v) is 5.16. The molecule has 1 atom stereocenters. The van der Waals surface area contributed by atoms with Crippen LogP contribution in [0.1, 0.15) is 30.1 Å². The third-order valence-electron chi connectivity index (χ3n) is 4.80. The summed E-state index contributed by atoms with van der Waals surface area (Å²) in [6, 6.07) is 13.6. The average molecular weight is 385 g/mol. The first-order valence-electron chi connectivity index (χ1n) is 8.83. The van der Waals surface area contributed by atoms with E-state index in [9.17, 15) is 9.18 Å². The van der Waals surface area contributed by atoms with Crippen molar-refractivity contribution in [2.24, 2.45) is 0 Å². The summed E-state index contributed by atoms with van der Waals surface area (Å²) in [5.74, 6) is 0.566. The minimum atomic E-state index is -0.358. The molecule has 0 spiro atoms. The lowest BCUT2D eigenvalue weighted by atomic mass is 9.97. The molecule has 4 rings (SSSR count). The maximum absolute atomic E-state index is 13.2. The molecule has 0 saturated carbocycles. The van der Waals surface area contributed by atoms with E-state index in [1.54, 1.807) is 18.2 Å². The van der Waals surface area contributed by atoms with E-state index in [2.05, 4.69) is 15.5 Å². The molecule has 0 radical (unpaired) electrons. The van der Waals surface area contributed by atoms with Crippen LogP contribution in [0.15, 0.2) is 48.5 Å². The number of halogens is 2. The highest BCUT2D eigenvalue weighted by molar-refractivity contribution is 6.31. The van der Waals surface area contributed by atoms with Crippen LogP contribution in [0.25, 0.3) is 11.4 Å². The van der Waals surface area contributed by atoms with E-state index in [0.29, 0.717) is 23.2 Å². The largest absolute Gasteiger partial charge is 0.351 e. The first-order valence-corrected chi connectivity index (χ1v) is 9.21. The van der Waals surface area contributed by atoms with Gasteiger partial charge in [0.15, 0.2) is 5.82 Å². The number of aromatic nitrogens is 3. The molecule has 1 unspecified atom stereocenters. The molecule has 1 amide bonds. The zero-order chi connectivity index (χ0) is 18.8. The lowest BCUT2D eigenvalue weighted by molar-refractivity contribution is -0.123. The van der Waals surface area contributed by atoms with Crippen molar-refractivity contribution >= 4 is 17.5 Å². The Morgan fingerprint density at radius 2 is 1.96 bits per heavy atom. The molecule has 5 nitrogen and oxygen atoms in total. The van der Waals surface area contributed by atoms with Crippen LogP contribution in [-0.4, -0.2) is 20.7 Å². The third kappa shape index (κ3) is 3.57. The van der Waals surface area contributed by atoms with Crippen molar-refractivity contribution in [1.82, 2.24) is 20.1 Å². The Morgan fingerprint density at radius 3 is 2.74 bits per heavy atom. The lowest BCUT2D eigenvalue weighted by Gasteiger charge is -2.23. The molecule has 1 aromatic heterocycles. The van der Waals surface area contributed by atoms with Gasteiger partial charge in [0.25, 0.3) is 0 Å². The maximum Gasteiger partial charge on any atom is 0.231 e. The quantitative estimate of drug-likeness (QED) is 0.741. The Balaban J connectivity index is 1.54. The zero-order valence-corrected chi connectivity index (χ0v) is 15.3. The van der Waals surface area contributed by atoms with E-state index in [1.165, 1.54) is 12.1 Å². The molecule has 0 fully saturated rings. The monoisotopic (exact) mass is 384 g/mol. The van der Waals surface area contributed by atoms with Gasteiger partial charge in [-0.1, -0.05) is 29.8 Å². The zero-order valence-electron chi connectivity index (χ0n) is 14.5. The highest BCUT2D eigenvalue weighted by atomic mass is 35.5. The average Bonchev–Trinajstić information content (AvgIpc) is 3.12. The highest BCUT2D eigenvalue weighted by Crippen LogP contribution is 2.30. The number of rotatable bonds is 4. The molecule has 138 valence electrons. The summed E-state index contributed by atoms with van der Waals surface area (Å²) in [5.41, 5.74) is 1.66. The van der Waals surface area contributed by atoms with Gasteiger partial charge in [0.05, 0.1) is 5.92 Å². The molecule has 3 aromatic rings. The van der Waals surface area contributed by atoms with Crippen molar-refractivity contribution < 1.29 is 9.18 Å². The van der Waals surface area contributed by atoms with Gasteiger partial charge in [-0.2, -0.15) is 0 Å². The fourth-order valence-electron chi connectivity index (χ4n) is 3.38. The topological polar surface area (TPSA) is 59.8 Å². The SMILES string of the molecule is O=C(NCc1ccccc1Cl)C1CCCn2c(-c3ccc(F)cc3)nnc21. The fraction of sp³-hybridized carbons (Fsp3) is 0.250. The minimum absolute atomic E-state index is 0.0890. The number of nitrogens with one attached hydrogen (secondary N) is 1. The first-order chi connectivity index (χ1) is 13.1. The number of fused-ring (bicyclic) bond motifs is 1. The lowest BCUT2D eigenvalue weighted by Crippen LogP contribution is -2.33. The fourth-order valence-corrected chi connectivity index (χ4v) is 3.59. The molecule has 1 N–H and O–H groups in total. The Morgan fingerprint density at radius 1 is 1.19 bits per heavy atom. The molecule has 0 aliphatic carbocycles. The van der Waals surface area contributed by atoms with Crippen molar-refractivity contribution in [3.63, 3.8) is 0 Å². The van der Waals surface area contributed by atoms with E-state index >= 15 is 0 Å². The smallest absolute Gasteiger partial charge is 0.231 e. The van der Waals surface area contributed by atoms with Crippen molar-refractivity contribution in [3.05, 3.63) is 70.8 Å². The molecule has 2 heterocycles. The van der Waals surface area contributed by atoms with E-state index in [0.717, 1.165) is 30.5 Å². The molecule has 27 heavy (non-hydrogen) atoms. The summed E-state index contributed by atoms with van der Waals surface area (Å²) in [5, 5.41) is 12.1. The second kappa shape index (κ2) is 7.48. The van der Waals surface area contributed by atoms with Crippen LogP contribution in [-0.2, 0) is 17.9 Å². The van der Waals surface area contributed by atoms with Gasteiger partial charge in [-0.05, 0) is 48.7 Å². The van der Waals surface area contributed by atoms with Gasteiger partial charge in [0.1, 0.15) is 11.6 Å². The molecule has 0 bridgehead atoms. The van der Waals surface area contributed by atoms with Gasteiger partial charge >= 0.3 is 0 Å². The number of carbonyl (C=O) groups is 1. The Kier molecular flexibility index (Phi) is 4.90. The van der Waals surface area contributed by atoms with Crippen molar-refractivity contribution in [2.75, 3.05) is 0 Å². The predicted octanol–water partition coefficient (Wildman–Crippen LogP) is 3.93. The normalized spacial score (nSPS) is 16.0. The van der Waals surface area contributed by atoms with Crippen molar-refractivity contribution in [1.29, 1.82) is 0 Å². The van der Waals surface area contributed by atoms with Gasteiger partial charge in [0, 0.05) is 23.7 Å². The van der Waals surface area contributed by atoms with Crippen molar-refractivity contribution in [3.8, 4) is 11.4 Å². The Bertz CT molecular complexity index is 970. The van der Waals surface area contributed by atoms with E-state index in [4.69, 9.17) is 11.6 Å². The van der Waals surface area contributed by atoms with Crippen LogP contribution in [0.5, 0.6) is 0 Å². The van der Waals surface area contributed by atoms with Gasteiger partial charge in [-0.3, -0.25) is 4.79 Å². The van der Waals surface area contributed by atoms with Crippen LogP contribution in [0.2, 0.25) is 5.02 Å². The predicted molar refractivity (Wildman–Crippen MR) is 101 cm³/mol. The van der Waals surface area contributed by atoms with Gasteiger partial charge in [-0.15, -0.1) is 10.2 Å². The second-order valence-electron chi connectivity index (χ2n) is 6.54. The molecule has 2 aromatic carbocycles. The molecule has 0 saturated heterocycles. The molecule has 1 aliphatic heterocycles. The van der Waals surface area contributed by atoms with Crippen LogP contribution in [0, 0.1) is 5.82 Å². The van der Waals surface area contributed by atoms with Crippen LogP contribution < -0.4 is 5.32 Å². The highest BCUT2D eigenvalue weighted by Gasteiger charge is 2.31. The Hall–Kier alpha value is -2.73. The summed E-state index contributed by atoms with van der Waals surface area (Å²) in [6.07, 6.45) is 1.57. The molecular formula is C20H18ClFN4O. The summed E-state index contributed by atoms with van der Waals surface area (Å²) < 4.78 is 15.1. The number of carbonyl (C=O) groups excluding carboxylic acids is 1. The maximum atomic E-state index is 13.2. The molecule has 1 aliphatic rings. The van der Waals surface area contributed by atoms with Crippen molar-refractivity contribution in [2.45, 2.75) is 31.8 Å². The summed E-state index contributed by atoms with van der Waals surface area (Å²) >= 11 is 6.15. The second-order valence-corrected chi connectivity index (χ2v) is 6.95. The van der Waals surface area contributed by atoms with Gasteiger partial charge in [0.2, 0.25) is 5.91 Å². The molecule has 7 heteroatoms. The van der Waals surface area contributed by atoms with Gasteiger partial charge < -0.3 is 9.88 Å². The molecular weight excluding hydrogens is 367 g/mol. The number of nitrogens with zero attached hydrogens (tertiary/aromatic N) is 3. The summed E-state index contributed by atoms with van der Waals surface area (Å²) in [6.45, 7) is 1.11. The minimum Gasteiger partial charge on any atom is -0.351 e. The van der Waals surface area contributed by atoms with Crippen LogP contribution >= 0.6 is 11.6 Å². The van der Waals surface area contributed by atoms with Crippen LogP contribution in [0.4, 0.5) is 4.39 Å².